The maximum Gasteiger partial charge on any atom is 0.348 e. The van der Waals surface area contributed by atoms with Crippen LogP contribution in [0.15, 0.2) is 73.1 Å². The first-order valence-corrected chi connectivity index (χ1v) is 17.5. The first-order valence-electron chi connectivity index (χ1n) is 15.9. The van der Waals surface area contributed by atoms with Crippen LogP contribution >= 0.6 is 34.5 Å². The molecule has 0 amide bonds. The number of likely N-dealkylation sites (N-methyl/N-ethyl adjacent to an activating group) is 1. The summed E-state index contributed by atoms with van der Waals surface area (Å²) in [5, 5.41) is 15.5. The maximum atomic E-state index is 13.6. The minimum atomic E-state index is -0.839. The highest BCUT2D eigenvalue weighted by molar-refractivity contribution is 7.13. The summed E-state index contributed by atoms with van der Waals surface area (Å²) in [6, 6.07) is 17.7. The van der Waals surface area contributed by atoms with Crippen molar-refractivity contribution in [3.63, 3.8) is 0 Å². The number of carbonyl (C=O) groups is 2. The number of benzene rings is 2. The normalized spacial score (nSPS) is 16.1. The molecule has 5 rings (SSSR count). The van der Waals surface area contributed by atoms with Crippen molar-refractivity contribution in [1.29, 1.82) is 0 Å². The first kappa shape index (κ1) is 36.4. The third kappa shape index (κ3) is 9.43. The molecule has 0 bridgehead atoms. The van der Waals surface area contributed by atoms with E-state index in [9.17, 15) is 14.8 Å². The number of nitrogens with one attached hydrogen (secondary N) is 1. The SMILES string of the molecule is COc1ccc(C(Cc2c(Cl)c[n+]([O-])cc2Cl)OC(=O)c2ccc(CNC(C(=O)OC[C@H]3CCCCN3C)c3ccccc3)s2)cc1OC. The molecule has 1 N–H and O–H groups in total. The van der Waals surface area contributed by atoms with Crippen LogP contribution in [0.3, 0.4) is 0 Å². The van der Waals surface area contributed by atoms with Crippen molar-refractivity contribution >= 4 is 46.5 Å². The highest BCUT2D eigenvalue weighted by Gasteiger charge is 2.27. The highest BCUT2D eigenvalue weighted by Crippen LogP contribution is 2.36. The lowest BCUT2D eigenvalue weighted by Gasteiger charge is -2.32. The Morgan fingerprint density at radius 1 is 1.00 bits per heavy atom. The zero-order chi connectivity index (χ0) is 34.9. The molecule has 10 nitrogen and oxygen atoms in total. The lowest BCUT2D eigenvalue weighted by Crippen LogP contribution is -2.41. The van der Waals surface area contributed by atoms with Crippen LogP contribution in [0.5, 0.6) is 11.5 Å². The highest BCUT2D eigenvalue weighted by atomic mass is 35.5. The number of halogens is 2. The number of aromatic nitrogens is 1. The van der Waals surface area contributed by atoms with Crippen LogP contribution in [0.25, 0.3) is 0 Å². The van der Waals surface area contributed by atoms with E-state index in [0.29, 0.717) is 45.4 Å². The quantitative estimate of drug-likeness (QED) is 0.0861. The zero-order valence-corrected chi connectivity index (χ0v) is 29.9. The van der Waals surface area contributed by atoms with Crippen molar-refractivity contribution in [2.24, 2.45) is 0 Å². The Morgan fingerprint density at radius 2 is 1.73 bits per heavy atom. The minimum absolute atomic E-state index is 0.0943. The summed E-state index contributed by atoms with van der Waals surface area (Å²) in [5.74, 6) is 0.0490. The number of piperidine rings is 1. The molecule has 1 aliphatic heterocycles. The van der Waals surface area contributed by atoms with Crippen LogP contribution in [0.2, 0.25) is 10.0 Å². The van der Waals surface area contributed by atoms with Gasteiger partial charge in [-0.05, 0) is 61.8 Å². The standard InChI is InChI=1S/C36H39Cl2N3O7S/c1-40-16-8-7-11-25(40)22-47-36(43)34(23-9-5-4-6-10-23)39-19-26-13-15-33(49-26)35(42)48-31(18-27-28(37)20-41(44)21-29(27)38)24-12-14-30(45-2)32(17-24)46-3/h4-6,9-10,12-15,17,20-21,25,31,34,39H,7-8,11,16,18-19,22H2,1-3H3/t25-,31?,34?/m1/s1. The molecule has 3 atom stereocenters. The monoisotopic (exact) mass is 727 g/mol. The second-order valence-corrected chi connectivity index (χ2v) is 13.7. The summed E-state index contributed by atoms with van der Waals surface area (Å²) in [4.78, 5) is 30.4. The Labute approximate surface area is 300 Å². The van der Waals surface area contributed by atoms with Gasteiger partial charge in [-0.2, -0.15) is 4.73 Å². The van der Waals surface area contributed by atoms with Crippen LogP contribution in [0, 0.1) is 5.21 Å². The topological polar surface area (TPSA) is 113 Å². The minimum Gasteiger partial charge on any atom is -0.619 e. The summed E-state index contributed by atoms with van der Waals surface area (Å²) in [5.41, 5.74) is 1.85. The van der Waals surface area contributed by atoms with Crippen molar-refractivity contribution in [3.8, 4) is 11.5 Å². The third-order valence-electron chi connectivity index (χ3n) is 8.53. The largest absolute Gasteiger partial charge is 0.619 e. The van der Waals surface area contributed by atoms with E-state index in [2.05, 4.69) is 17.3 Å². The average molecular weight is 729 g/mol. The predicted molar refractivity (Wildman–Crippen MR) is 188 cm³/mol. The first-order chi connectivity index (χ1) is 23.7. The molecule has 4 aromatic rings. The predicted octanol–water partition coefficient (Wildman–Crippen LogP) is 6.70. The molecule has 0 radical (unpaired) electrons. The zero-order valence-electron chi connectivity index (χ0n) is 27.5. The molecule has 13 heteroatoms. The Hall–Kier alpha value is -3.87. The second-order valence-electron chi connectivity index (χ2n) is 11.8. The van der Waals surface area contributed by atoms with Gasteiger partial charge in [-0.1, -0.05) is 66.0 Å². The lowest BCUT2D eigenvalue weighted by molar-refractivity contribution is -0.605. The Morgan fingerprint density at radius 3 is 2.43 bits per heavy atom. The summed E-state index contributed by atoms with van der Waals surface area (Å²) < 4.78 is 23.2. The molecule has 260 valence electrons. The Kier molecular flexibility index (Phi) is 12.8. The van der Waals surface area contributed by atoms with E-state index in [4.69, 9.17) is 42.1 Å². The van der Waals surface area contributed by atoms with Gasteiger partial charge in [0.05, 0.1) is 14.2 Å². The fraction of sp³-hybridized carbons (Fsp3) is 0.361. The molecule has 0 aliphatic carbocycles. The van der Waals surface area contributed by atoms with Crippen molar-refractivity contribution in [2.45, 2.75) is 50.4 Å². The van der Waals surface area contributed by atoms with Gasteiger partial charge >= 0.3 is 11.9 Å². The lowest BCUT2D eigenvalue weighted by atomic mass is 10.0. The van der Waals surface area contributed by atoms with Gasteiger partial charge < -0.3 is 29.1 Å². The molecule has 3 heterocycles. The molecule has 1 fully saturated rings. The molecule has 2 aromatic heterocycles. The van der Waals surface area contributed by atoms with Crippen molar-refractivity contribution in [2.75, 3.05) is 34.4 Å². The third-order valence-corrected chi connectivity index (χ3v) is 10.2. The van der Waals surface area contributed by atoms with Gasteiger partial charge in [-0.3, -0.25) is 5.32 Å². The smallest absolute Gasteiger partial charge is 0.348 e. The number of methoxy groups -OCH3 is 2. The van der Waals surface area contributed by atoms with Crippen LogP contribution < -0.4 is 19.5 Å². The van der Waals surface area contributed by atoms with Crippen LogP contribution in [-0.4, -0.2) is 57.3 Å². The molecule has 49 heavy (non-hydrogen) atoms. The second kappa shape index (κ2) is 17.2. The van der Waals surface area contributed by atoms with Gasteiger partial charge in [0.25, 0.3) is 0 Å². The van der Waals surface area contributed by atoms with E-state index in [-0.39, 0.29) is 28.5 Å². The Bertz CT molecular complexity index is 1720. The number of thiophene rings is 1. The van der Waals surface area contributed by atoms with Gasteiger partial charge in [0.2, 0.25) is 0 Å². The summed E-state index contributed by atoms with van der Waals surface area (Å²) >= 11 is 14.0. The molecule has 2 aromatic carbocycles. The number of ether oxygens (including phenoxy) is 4. The maximum absolute atomic E-state index is 13.6. The van der Waals surface area contributed by atoms with Crippen LogP contribution in [-0.2, 0) is 27.2 Å². The summed E-state index contributed by atoms with van der Waals surface area (Å²) in [7, 11) is 5.11. The van der Waals surface area contributed by atoms with Crippen LogP contribution in [0.1, 0.15) is 62.6 Å². The summed E-state index contributed by atoms with van der Waals surface area (Å²) in [6.07, 6.45) is 4.93. The van der Waals surface area contributed by atoms with Gasteiger partial charge in [0.15, 0.2) is 23.9 Å². The van der Waals surface area contributed by atoms with Crippen molar-refractivity contribution in [3.05, 3.63) is 115 Å². The molecule has 0 spiro atoms. The van der Waals surface area contributed by atoms with E-state index < -0.39 is 18.1 Å². The van der Waals surface area contributed by atoms with Gasteiger partial charge in [0, 0.05) is 29.4 Å². The van der Waals surface area contributed by atoms with E-state index in [1.165, 1.54) is 38.0 Å². The Balaban J connectivity index is 1.30. The van der Waals surface area contributed by atoms with E-state index in [1.54, 1.807) is 24.3 Å². The number of carbonyl (C=O) groups excluding carboxylic acids is 2. The molecule has 2 unspecified atom stereocenters. The summed E-state index contributed by atoms with van der Waals surface area (Å²) in [6.45, 7) is 1.66. The molecular formula is C36H39Cl2N3O7S. The van der Waals surface area contributed by atoms with E-state index >= 15 is 0 Å². The number of hydrogen-bond donors (Lipinski definition) is 1. The van der Waals surface area contributed by atoms with Crippen LogP contribution in [0.4, 0.5) is 0 Å². The van der Waals surface area contributed by atoms with Gasteiger partial charge in [-0.25, -0.2) is 9.59 Å². The molecule has 0 saturated carbocycles. The van der Waals surface area contributed by atoms with E-state index in [0.717, 1.165) is 36.2 Å². The van der Waals surface area contributed by atoms with Gasteiger partial charge in [-0.15, -0.1) is 11.3 Å². The number of esters is 2. The number of nitrogens with zero attached hydrogens (tertiary/aromatic N) is 2. The molecule has 1 saturated heterocycles. The number of pyridine rings is 1. The fourth-order valence-electron chi connectivity index (χ4n) is 5.76. The van der Waals surface area contributed by atoms with Gasteiger partial charge in [0.1, 0.15) is 33.7 Å². The molecule has 1 aliphatic rings. The number of hydrogen-bond acceptors (Lipinski definition) is 10. The van der Waals surface area contributed by atoms with E-state index in [1.807, 2.05) is 36.4 Å². The molecular weight excluding hydrogens is 689 g/mol. The van der Waals surface area contributed by atoms with Crippen molar-refractivity contribution < 1.29 is 33.3 Å². The van der Waals surface area contributed by atoms with Crippen molar-refractivity contribution in [1.82, 2.24) is 10.2 Å². The number of rotatable bonds is 14. The number of likely N-dealkylation sites (tertiary alicyclic amines) is 1. The fourth-order valence-corrected chi connectivity index (χ4v) is 7.20. The average Bonchev–Trinajstić information content (AvgIpc) is 3.58.